The molecule has 0 bridgehead atoms. The van der Waals surface area contributed by atoms with Crippen LogP contribution in [-0.4, -0.2) is 42.9 Å². The summed E-state index contributed by atoms with van der Waals surface area (Å²) < 4.78 is 5.11. The Morgan fingerprint density at radius 1 is 0.964 bits per heavy atom. The molecule has 0 aliphatic heterocycles. The number of esters is 1. The lowest BCUT2D eigenvalue weighted by Crippen LogP contribution is -2.37. The van der Waals surface area contributed by atoms with Gasteiger partial charge in [-0.3, -0.25) is 9.59 Å². The molecule has 0 unspecified atom stereocenters. The number of likely N-dealkylation sites (N-methyl/N-ethyl adjacent to an activating group) is 1. The number of aryl methyl sites for hydroxylation is 4. The zero-order valence-electron chi connectivity index (χ0n) is 17.0. The van der Waals surface area contributed by atoms with Crippen LogP contribution in [-0.2, 0) is 14.3 Å². The molecule has 2 aromatic carbocycles. The summed E-state index contributed by atoms with van der Waals surface area (Å²) in [6.45, 7) is 7.01. The Morgan fingerprint density at radius 2 is 1.61 bits per heavy atom. The number of anilines is 1. The number of carbonyl (C=O) groups is 3. The van der Waals surface area contributed by atoms with Crippen LogP contribution >= 0.6 is 0 Å². The second kappa shape index (κ2) is 9.17. The van der Waals surface area contributed by atoms with Gasteiger partial charge in [0.1, 0.15) is 0 Å². The molecule has 28 heavy (non-hydrogen) atoms. The lowest BCUT2D eigenvalue weighted by Gasteiger charge is -2.18. The highest BCUT2D eigenvalue weighted by Gasteiger charge is 2.17. The maximum absolute atomic E-state index is 12.3. The predicted octanol–water partition coefficient (Wildman–Crippen LogP) is 3.17. The molecule has 0 heterocycles. The van der Waals surface area contributed by atoms with Crippen LogP contribution in [0.15, 0.2) is 36.4 Å². The van der Waals surface area contributed by atoms with Crippen molar-refractivity contribution in [2.75, 3.05) is 25.5 Å². The van der Waals surface area contributed by atoms with Crippen LogP contribution in [0.3, 0.4) is 0 Å². The van der Waals surface area contributed by atoms with Crippen molar-refractivity contribution in [1.29, 1.82) is 0 Å². The highest BCUT2D eigenvalue weighted by molar-refractivity contribution is 5.96. The van der Waals surface area contributed by atoms with Gasteiger partial charge in [-0.15, -0.1) is 0 Å². The lowest BCUT2D eigenvalue weighted by atomic mass is 10.1. The Kier molecular flexibility index (Phi) is 6.93. The number of carbonyl (C=O) groups excluding carboxylic acids is 3. The number of nitrogens with one attached hydrogen (secondary N) is 1. The van der Waals surface area contributed by atoms with E-state index in [4.69, 9.17) is 4.74 Å². The minimum Gasteiger partial charge on any atom is -0.452 e. The van der Waals surface area contributed by atoms with Crippen LogP contribution in [0.25, 0.3) is 0 Å². The third-order valence-corrected chi connectivity index (χ3v) is 4.48. The van der Waals surface area contributed by atoms with Crippen LogP contribution in [0, 0.1) is 27.7 Å². The van der Waals surface area contributed by atoms with Crippen molar-refractivity contribution < 1.29 is 19.1 Å². The maximum atomic E-state index is 12.3. The third kappa shape index (κ3) is 5.42. The standard InChI is InChI=1S/C22H26N2O4/c1-14-9-10-18(17(4)11-14)22(27)28-13-20(26)24(5)12-19(25)23-21-15(2)7-6-8-16(21)3/h6-11H,12-13H2,1-5H3,(H,23,25). The summed E-state index contributed by atoms with van der Waals surface area (Å²) in [7, 11) is 1.50. The molecule has 0 atom stereocenters. The van der Waals surface area contributed by atoms with E-state index < -0.39 is 18.5 Å². The van der Waals surface area contributed by atoms with Crippen molar-refractivity contribution in [2.45, 2.75) is 27.7 Å². The van der Waals surface area contributed by atoms with E-state index in [1.807, 2.05) is 58.0 Å². The third-order valence-electron chi connectivity index (χ3n) is 4.48. The highest BCUT2D eigenvalue weighted by Crippen LogP contribution is 2.19. The molecule has 0 aromatic heterocycles. The Bertz CT molecular complexity index is 885. The van der Waals surface area contributed by atoms with Crippen LogP contribution in [0.1, 0.15) is 32.6 Å². The Balaban J connectivity index is 1.88. The molecule has 0 radical (unpaired) electrons. The van der Waals surface area contributed by atoms with Gasteiger partial charge in [-0.1, -0.05) is 35.9 Å². The van der Waals surface area contributed by atoms with Crippen molar-refractivity contribution in [3.05, 3.63) is 64.2 Å². The molecule has 2 aromatic rings. The van der Waals surface area contributed by atoms with Crippen molar-refractivity contribution in [3.63, 3.8) is 0 Å². The van der Waals surface area contributed by atoms with E-state index in [1.165, 1.54) is 11.9 Å². The molecule has 0 aliphatic rings. The molecule has 0 saturated heterocycles. The first-order chi connectivity index (χ1) is 13.2. The topological polar surface area (TPSA) is 75.7 Å². The largest absolute Gasteiger partial charge is 0.452 e. The summed E-state index contributed by atoms with van der Waals surface area (Å²) >= 11 is 0. The number of nitrogens with zero attached hydrogens (tertiary/aromatic N) is 1. The molecular weight excluding hydrogens is 356 g/mol. The van der Waals surface area contributed by atoms with Crippen LogP contribution < -0.4 is 5.32 Å². The molecule has 148 valence electrons. The Morgan fingerprint density at radius 3 is 2.21 bits per heavy atom. The number of rotatable bonds is 6. The minimum absolute atomic E-state index is 0.131. The first-order valence-corrected chi connectivity index (χ1v) is 9.03. The summed E-state index contributed by atoms with van der Waals surface area (Å²) in [5, 5.41) is 2.83. The van der Waals surface area contributed by atoms with E-state index in [0.717, 1.165) is 27.9 Å². The monoisotopic (exact) mass is 382 g/mol. The number of para-hydroxylation sites is 1. The van der Waals surface area contributed by atoms with Crippen LogP contribution in [0.4, 0.5) is 5.69 Å². The zero-order valence-corrected chi connectivity index (χ0v) is 17.0. The summed E-state index contributed by atoms with van der Waals surface area (Å²) in [5.41, 5.74) is 4.90. The molecule has 0 spiro atoms. The normalized spacial score (nSPS) is 10.3. The average Bonchev–Trinajstić information content (AvgIpc) is 2.62. The molecule has 6 heteroatoms. The van der Waals surface area contributed by atoms with E-state index in [2.05, 4.69) is 5.32 Å². The first-order valence-electron chi connectivity index (χ1n) is 9.03. The molecular formula is C22H26N2O4. The Hall–Kier alpha value is -3.15. The van der Waals surface area contributed by atoms with Gasteiger partial charge >= 0.3 is 5.97 Å². The fraction of sp³-hybridized carbons (Fsp3) is 0.318. The number of amides is 2. The van der Waals surface area contributed by atoms with Crippen molar-refractivity contribution in [2.24, 2.45) is 0 Å². The fourth-order valence-electron chi connectivity index (χ4n) is 2.85. The van der Waals surface area contributed by atoms with Gasteiger partial charge in [0, 0.05) is 12.7 Å². The van der Waals surface area contributed by atoms with Crippen molar-refractivity contribution >= 4 is 23.5 Å². The SMILES string of the molecule is Cc1ccc(C(=O)OCC(=O)N(C)CC(=O)Nc2c(C)cccc2C)c(C)c1. The van der Waals surface area contributed by atoms with E-state index in [1.54, 1.807) is 6.07 Å². The van der Waals surface area contributed by atoms with Gasteiger partial charge in [0.05, 0.1) is 12.1 Å². The number of hydrogen-bond donors (Lipinski definition) is 1. The zero-order chi connectivity index (χ0) is 20.8. The van der Waals surface area contributed by atoms with Gasteiger partial charge < -0.3 is 15.0 Å². The van der Waals surface area contributed by atoms with Gasteiger partial charge in [-0.05, 0) is 50.5 Å². The van der Waals surface area contributed by atoms with Crippen molar-refractivity contribution in [1.82, 2.24) is 4.90 Å². The van der Waals surface area contributed by atoms with E-state index in [-0.39, 0.29) is 12.5 Å². The van der Waals surface area contributed by atoms with Gasteiger partial charge in [0.25, 0.3) is 5.91 Å². The average molecular weight is 382 g/mol. The van der Waals surface area contributed by atoms with Crippen LogP contribution in [0.2, 0.25) is 0 Å². The smallest absolute Gasteiger partial charge is 0.338 e. The van der Waals surface area contributed by atoms with Gasteiger partial charge in [0.15, 0.2) is 6.61 Å². The molecule has 0 saturated carbocycles. The summed E-state index contributed by atoms with van der Waals surface area (Å²) in [5.74, 6) is -1.32. The minimum atomic E-state index is -0.556. The Labute approximate surface area is 165 Å². The van der Waals surface area contributed by atoms with Crippen molar-refractivity contribution in [3.8, 4) is 0 Å². The van der Waals surface area contributed by atoms with E-state index in [9.17, 15) is 14.4 Å². The molecule has 0 fully saturated rings. The van der Waals surface area contributed by atoms with Gasteiger partial charge in [-0.25, -0.2) is 4.79 Å². The number of ether oxygens (including phenoxy) is 1. The second-order valence-corrected chi connectivity index (χ2v) is 6.96. The second-order valence-electron chi connectivity index (χ2n) is 6.96. The summed E-state index contributed by atoms with van der Waals surface area (Å²) in [6.07, 6.45) is 0. The molecule has 2 amide bonds. The van der Waals surface area contributed by atoms with Gasteiger partial charge in [0.2, 0.25) is 5.91 Å². The first kappa shape index (κ1) is 21.2. The molecule has 0 aliphatic carbocycles. The van der Waals surface area contributed by atoms with E-state index >= 15 is 0 Å². The lowest BCUT2D eigenvalue weighted by molar-refractivity contribution is -0.136. The van der Waals surface area contributed by atoms with Gasteiger partial charge in [-0.2, -0.15) is 0 Å². The summed E-state index contributed by atoms with van der Waals surface area (Å²) in [6, 6.07) is 11.1. The predicted molar refractivity (Wildman–Crippen MR) is 108 cm³/mol. The molecule has 1 N–H and O–H groups in total. The summed E-state index contributed by atoms with van der Waals surface area (Å²) in [4.78, 5) is 37.9. The molecule has 2 rings (SSSR count). The number of benzene rings is 2. The number of hydrogen-bond acceptors (Lipinski definition) is 4. The van der Waals surface area contributed by atoms with E-state index in [0.29, 0.717) is 5.56 Å². The van der Waals surface area contributed by atoms with Crippen LogP contribution in [0.5, 0.6) is 0 Å². The quantitative estimate of drug-likeness (QED) is 0.779. The fourth-order valence-corrected chi connectivity index (χ4v) is 2.85. The maximum Gasteiger partial charge on any atom is 0.338 e. The highest BCUT2D eigenvalue weighted by atomic mass is 16.5. The molecule has 6 nitrogen and oxygen atoms in total.